The van der Waals surface area contributed by atoms with Crippen molar-refractivity contribution >= 4 is 0 Å². The second-order valence-corrected chi connectivity index (χ2v) is 4.41. The van der Waals surface area contributed by atoms with Crippen LogP contribution in [0.15, 0.2) is 18.2 Å². The first kappa shape index (κ1) is 8.45. The van der Waals surface area contributed by atoms with Crippen molar-refractivity contribution < 1.29 is 4.74 Å². The SMILES string of the molecule is Cc1ccc2c(c1)CCNC21COC1. The molecule has 74 valence electrons. The standard InChI is InChI=1S/C12H15NO/c1-9-2-3-11-10(6-9)4-5-13-12(11)7-14-8-12/h2-3,6,13H,4-5,7-8H2,1H3. The van der Waals surface area contributed by atoms with Crippen molar-refractivity contribution in [3.8, 4) is 0 Å². The molecule has 1 aromatic rings. The highest BCUT2D eigenvalue weighted by atomic mass is 16.5. The summed E-state index contributed by atoms with van der Waals surface area (Å²) in [6, 6.07) is 6.78. The summed E-state index contributed by atoms with van der Waals surface area (Å²) in [6.07, 6.45) is 1.15. The summed E-state index contributed by atoms with van der Waals surface area (Å²) in [6.45, 7) is 4.91. The highest BCUT2D eigenvalue weighted by Crippen LogP contribution is 2.35. The Labute approximate surface area is 84.3 Å². The summed E-state index contributed by atoms with van der Waals surface area (Å²) in [5.41, 5.74) is 4.48. The molecular formula is C12H15NO. The summed E-state index contributed by atoms with van der Waals surface area (Å²) < 4.78 is 5.34. The molecule has 1 spiro atoms. The van der Waals surface area contributed by atoms with Crippen molar-refractivity contribution in [2.45, 2.75) is 18.9 Å². The van der Waals surface area contributed by atoms with Gasteiger partial charge in [-0.1, -0.05) is 23.8 Å². The average Bonchev–Trinajstić information content (AvgIpc) is 2.13. The van der Waals surface area contributed by atoms with Crippen molar-refractivity contribution in [2.75, 3.05) is 19.8 Å². The van der Waals surface area contributed by atoms with Gasteiger partial charge in [0, 0.05) is 6.54 Å². The molecule has 0 saturated carbocycles. The normalized spacial score (nSPS) is 22.9. The van der Waals surface area contributed by atoms with Gasteiger partial charge in [-0.3, -0.25) is 0 Å². The second-order valence-electron chi connectivity index (χ2n) is 4.41. The van der Waals surface area contributed by atoms with Gasteiger partial charge in [0.2, 0.25) is 0 Å². The molecule has 1 saturated heterocycles. The third kappa shape index (κ3) is 1.04. The maximum Gasteiger partial charge on any atom is 0.0911 e. The van der Waals surface area contributed by atoms with Crippen LogP contribution < -0.4 is 5.32 Å². The fourth-order valence-electron chi connectivity index (χ4n) is 2.49. The van der Waals surface area contributed by atoms with Gasteiger partial charge >= 0.3 is 0 Å². The molecule has 3 rings (SSSR count). The van der Waals surface area contributed by atoms with Crippen LogP contribution in [0.25, 0.3) is 0 Å². The highest BCUT2D eigenvalue weighted by Gasteiger charge is 2.42. The summed E-state index contributed by atoms with van der Waals surface area (Å²) in [5.74, 6) is 0. The number of aryl methyl sites for hydroxylation is 1. The van der Waals surface area contributed by atoms with Crippen LogP contribution in [0.5, 0.6) is 0 Å². The van der Waals surface area contributed by atoms with Crippen LogP contribution in [-0.4, -0.2) is 19.8 Å². The number of benzene rings is 1. The zero-order valence-corrected chi connectivity index (χ0v) is 8.47. The van der Waals surface area contributed by atoms with E-state index in [2.05, 4.69) is 30.4 Å². The maximum atomic E-state index is 5.34. The lowest BCUT2D eigenvalue weighted by molar-refractivity contribution is -0.0814. The van der Waals surface area contributed by atoms with E-state index in [1.54, 1.807) is 0 Å². The van der Waals surface area contributed by atoms with E-state index >= 15 is 0 Å². The molecule has 2 heteroatoms. The predicted molar refractivity (Wildman–Crippen MR) is 55.4 cm³/mol. The fraction of sp³-hybridized carbons (Fsp3) is 0.500. The van der Waals surface area contributed by atoms with Gasteiger partial charge in [-0.15, -0.1) is 0 Å². The van der Waals surface area contributed by atoms with Gasteiger partial charge in [-0.25, -0.2) is 0 Å². The summed E-state index contributed by atoms with van der Waals surface area (Å²) in [7, 11) is 0. The molecule has 0 unspecified atom stereocenters. The Morgan fingerprint density at radius 3 is 2.93 bits per heavy atom. The number of nitrogens with one attached hydrogen (secondary N) is 1. The summed E-state index contributed by atoms with van der Waals surface area (Å²) in [5, 5.41) is 3.58. The van der Waals surface area contributed by atoms with Gasteiger partial charge in [-0.2, -0.15) is 0 Å². The number of hydrogen-bond donors (Lipinski definition) is 1. The minimum absolute atomic E-state index is 0.154. The van der Waals surface area contributed by atoms with Crippen molar-refractivity contribution in [2.24, 2.45) is 0 Å². The Morgan fingerprint density at radius 2 is 2.21 bits per heavy atom. The minimum atomic E-state index is 0.154. The molecule has 1 N–H and O–H groups in total. The van der Waals surface area contributed by atoms with Crippen molar-refractivity contribution in [1.29, 1.82) is 0 Å². The zero-order valence-electron chi connectivity index (χ0n) is 8.47. The molecule has 1 aromatic carbocycles. The lowest BCUT2D eigenvalue weighted by atomic mass is 9.80. The largest absolute Gasteiger partial charge is 0.377 e. The van der Waals surface area contributed by atoms with Gasteiger partial charge in [0.15, 0.2) is 0 Å². The fourth-order valence-corrected chi connectivity index (χ4v) is 2.49. The number of fused-ring (bicyclic) bond motifs is 2. The molecule has 2 nitrogen and oxygen atoms in total. The quantitative estimate of drug-likeness (QED) is 0.665. The summed E-state index contributed by atoms with van der Waals surface area (Å²) in [4.78, 5) is 0. The molecule has 14 heavy (non-hydrogen) atoms. The molecule has 2 aliphatic rings. The maximum absolute atomic E-state index is 5.34. The first-order valence-electron chi connectivity index (χ1n) is 5.23. The Kier molecular flexibility index (Phi) is 1.70. The lowest BCUT2D eigenvalue weighted by Gasteiger charge is -2.46. The Balaban J connectivity index is 2.10. The molecule has 0 amide bonds. The highest BCUT2D eigenvalue weighted by molar-refractivity contribution is 5.40. The van der Waals surface area contributed by atoms with Crippen LogP contribution in [0.4, 0.5) is 0 Å². The average molecular weight is 189 g/mol. The van der Waals surface area contributed by atoms with Gasteiger partial charge in [0.25, 0.3) is 0 Å². The van der Waals surface area contributed by atoms with Crippen LogP contribution in [0.2, 0.25) is 0 Å². The molecule has 0 radical (unpaired) electrons. The van der Waals surface area contributed by atoms with E-state index in [-0.39, 0.29) is 5.54 Å². The third-order valence-electron chi connectivity index (χ3n) is 3.33. The number of rotatable bonds is 0. The van der Waals surface area contributed by atoms with E-state index in [1.165, 1.54) is 16.7 Å². The van der Waals surface area contributed by atoms with Gasteiger partial charge < -0.3 is 10.1 Å². The van der Waals surface area contributed by atoms with Crippen LogP contribution in [0.3, 0.4) is 0 Å². The van der Waals surface area contributed by atoms with E-state index < -0.39 is 0 Å². The molecule has 2 heterocycles. The van der Waals surface area contributed by atoms with E-state index in [1.807, 2.05) is 0 Å². The number of hydrogen-bond acceptors (Lipinski definition) is 2. The van der Waals surface area contributed by atoms with Crippen LogP contribution in [0, 0.1) is 6.92 Å². The van der Waals surface area contributed by atoms with Crippen LogP contribution >= 0.6 is 0 Å². The molecular weight excluding hydrogens is 174 g/mol. The first-order chi connectivity index (χ1) is 6.80. The van der Waals surface area contributed by atoms with Gasteiger partial charge in [0.05, 0.1) is 18.8 Å². The van der Waals surface area contributed by atoms with E-state index in [4.69, 9.17) is 4.74 Å². The molecule has 0 aliphatic carbocycles. The van der Waals surface area contributed by atoms with Crippen LogP contribution in [0.1, 0.15) is 16.7 Å². The topological polar surface area (TPSA) is 21.3 Å². The Morgan fingerprint density at radius 1 is 1.36 bits per heavy atom. The molecule has 2 aliphatic heterocycles. The molecule has 1 fully saturated rings. The molecule has 0 bridgehead atoms. The smallest absolute Gasteiger partial charge is 0.0911 e. The van der Waals surface area contributed by atoms with E-state index in [0.717, 1.165) is 26.2 Å². The van der Waals surface area contributed by atoms with Crippen molar-refractivity contribution in [3.63, 3.8) is 0 Å². The Hall–Kier alpha value is -0.860. The third-order valence-corrected chi connectivity index (χ3v) is 3.33. The molecule has 0 aromatic heterocycles. The van der Waals surface area contributed by atoms with Crippen molar-refractivity contribution in [1.82, 2.24) is 5.32 Å². The van der Waals surface area contributed by atoms with Gasteiger partial charge in [-0.05, 0) is 24.5 Å². The van der Waals surface area contributed by atoms with Crippen molar-refractivity contribution in [3.05, 3.63) is 34.9 Å². The zero-order chi connectivity index (χ0) is 9.60. The van der Waals surface area contributed by atoms with Gasteiger partial charge in [0.1, 0.15) is 0 Å². The molecule has 0 atom stereocenters. The Bertz CT molecular complexity index is 369. The minimum Gasteiger partial charge on any atom is -0.377 e. The lowest BCUT2D eigenvalue weighted by Crippen LogP contribution is -2.60. The summed E-state index contributed by atoms with van der Waals surface area (Å²) >= 11 is 0. The number of ether oxygens (including phenoxy) is 1. The monoisotopic (exact) mass is 189 g/mol. The van der Waals surface area contributed by atoms with Crippen LogP contribution in [-0.2, 0) is 16.7 Å². The first-order valence-corrected chi connectivity index (χ1v) is 5.23. The predicted octanol–water partition coefficient (Wildman–Crippen LogP) is 1.37. The second kappa shape index (κ2) is 2.81. The van der Waals surface area contributed by atoms with E-state index in [0.29, 0.717) is 0 Å². The van der Waals surface area contributed by atoms with E-state index in [9.17, 15) is 0 Å².